The first-order chi connectivity index (χ1) is 13.6. The molecule has 0 N–H and O–H groups in total. The van der Waals surface area contributed by atoms with Crippen molar-refractivity contribution in [2.24, 2.45) is 0 Å². The highest BCUT2D eigenvalue weighted by molar-refractivity contribution is 5.99. The van der Waals surface area contributed by atoms with Crippen LogP contribution in [-0.2, 0) is 20.7 Å². The lowest BCUT2D eigenvalue weighted by molar-refractivity contribution is -0.149. The van der Waals surface area contributed by atoms with E-state index in [4.69, 9.17) is 9.47 Å². The van der Waals surface area contributed by atoms with Crippen molar-refractivity contribution < 1.29 is 19.1 Å². The fourth-order valence-corrected chi connectivity index (χ4v) is 3.31. The zero-order valence-corrected chi connectivity index (χ0v) is 16.3. The van der Waals surface area contributed by atoms with Crippen LogP contribution in [0.3, 0.4) is 0 Å². The monoisotopic (exact) mass is 379 g/mol. The summed E-state index contributed by atoms with van der Waals surface area (Å²) in [7, 11) is 0. The second kappa shape index (κ2) is 9.22. The van der Waals surface area contributed by atoms with E-state index in [0.717, 1.165) is 29.7 Å². The van der Waals surface area contributed by atoms with Crippen molar-refractivity contribution >= 4 is 23.6 Å². The third-order valence-electron chi connectivity index (χ3n) is 4.63. The van der Waals surface area contributed by atoms with Crippen LogP contribution in [0.4, 0.5) is 5.69 Å². The lowest BCUT2D eigenvalue weighted by Gasteiger charge is -2.31. The van der Waals surface area contributed by atoms with Crippen LogP contribution in [0.15, 0.2) is 54.6 Å². The quantitative estimate of drug-likeness (QED) is 0.562. The number of benzene rings is 2. The lowest BCUT2D eigenvalue weighted by Crippen LogP contribution is -2.42. The van der Waals surface area contributed by atoms with E-state index in [1.165, 1.54) is 6.08 Å². The van der Waals surface area contributed by atoms with Crippen molar-refractivity contribution in [3.63, 3.8) is 0 Å². The van der Waals surface area contributed by atoms with Gasteiger partial charge in [-0.25, -0.2) is 4.79 Å². The number of esters is 1. The Bertz CT molecular complexity index is 874. The molecule has 0 aliphatic carbocycles. The Morgan fingerprint density at radius 3 is 2.71 bits per heavy atom. The molecule has 0 spiro atoms. The molecule has 1 aliphatic heterocycles. The topological polar surface area (TPSA) is 55.8 Å². The molecule has 0 fully saturated rings. The molecule has 5 nitrogen and oxygen atoms in total. The molecular weight excluding hydrogens is 354 g/mol. The van der Waals surface area contributed by atoms with Gasteiger partial charge in [0.2, 0.25) is 0 Å². The molecule has 3 rings (SSSR count). The van der Waals surface area contributed by atoms with E-state index in [-0.39, 0.29) is 5.91 Å². The number of fused-ring (bicyclic) bond motifs is 1. The van der Waals surface area contributed by atoms with Gasteiger partial charge < -0.3 is 14.4 Å². The molecule has 28 heavy (non-hydrogen) atoms. The highest BCUT2D eigenvalue weighted by Gasteiger charge is 2.27. The van der Waals surface area contributed by atoms with Crippen LogP contribution in [0.2, 0.25) is 0 Å². The normalized spacial score (nSPS) is 14.4. The number of hydrogen-bond donors (Lipinski definition) is 0. The third kappa shape index (κ3) is 4.60. The van der Waals surface area contributed by atoms with E-state index >= 15 is 0 Å². The maximum atomic E-state index is 12.8. The van der Waals surface area contributed by atoms with Gasteiger partial charge in [0.15, 0.2) is 6.10 Å². The van der Waals surface area contributed by atoms with Crippen LogP contribution < -0.4 is 9.64 Å². The van der Waals surface area contributed by atoms with E-state index < -0.39 is 12.1 Å². The fraction of sp³-hybridized carbons (Fsp3) is 0.304. The summed E-state index contributed by atoms with van der Waals surface area (Å²) in [5, 5.41) is 0. The SMILES string of the molecule is CCOc1ccccc1/C=C/C(=O)OC(C)C(=O)N1CCCc2ccccc21. The Morgan fingerprint density at radius 2 is 1.89 bits per heavy atom. The largest absolute Gasteiger partial charge is 0.493 e. The van der Waals surface area contributed by atoms with Crippen molar-refractivity contribution in [3.05, 3.63) is 65.7 Å². The Kier molecular flexibility index (Phi) is 6.48. The number of rotatable bonds is 6. The van der Waals surface area contributed by atoms with Crippen LogP contribution in [0.5, 0.6) is 5.75 Å². The van der Waals surface area contributed by atoms with Gasteiger partial charge >= 0.3 is 5.97 Å². The minimum Gasteiger partial charge on any atom is -0.493 e. The number of nitrogens with zero attached hydrogens (tertiary/aromatic N) is 1. The summed E-state index contributed by atoms with van der Waals surface area (Å²) in [5.74, 6) is -0.0656. The number of hydrogen-bond acceptors (Lipinski definition) is 4. The van der Waals surface area contributed by atoms with E-state index in [9.17, 15) is 9.59 Å². The van der Waals surface area contributed by atoms with Crippen LogP contribution in [0.25, 0.3) is 6.08 Å². The van der Waals surface area contributed by atoms with Gasteiger partial charge in [-0.15, -0.1) is 0 Å². The van der Waals surface area contributed by atoms with Crippen LogP contribution in [0.1, 0.15) is 31.4 Å². The van der Waals surface area contributed by atoms with Gasteiger partial charge in [-0.3, -0.25) is 4.79 Å². The molecule has 0 bridgehead atoms. The minimum absolute atomic E-state index is 0.205. The number of aryl methyl sites for hydroxylation is 1. The average Bonchev–Trinajstić information content (AvgIpc) is 2.72. The Morgan fingerprint density at radius 1 is 1.14 bits per heavy atom. The molecule has 0 saturated heterocycles. The molecule has 1 aliphatic rings. The second-order valence-electron chi connectivity index (χ2n) is 6.61. The van der Waals surface area contributed by atoms with Gasteiger partial charge in [0.1, 0.15) is 5.75 Å². The van der Waals surface area contributed by atoms with Gasteiger partial charge in [-0.05, 0) is 50.5 Å². The maximum absolute atomic E-state index is 12.8. The van der Waals surface area contributed by atoms with Crippen molar-refractivity contribution in [1.82, 2.24) is 0 Å². The molecule has 1 heterocycles. The summed E-state index contributed by atoms with van der Waals surface area (Å²) < 4.78 is 10.9. The molecule has 1 unspecified atom stereocenters. The van der Waals surface area contributed by atoms with Gasteiger partial charge in [-0.1, -0.05) is 36.4 Å². The van der Waals surface area contributed by atoms with Crippen LogP contribution in [-0.4, -0.2) is 31.1 Å². The van der Waals surface area contributed by atoms with E-state index in [2.05, 4.69) is 0 Å². The lowest BCUT2D eigenvalue weighted by atomic mass is 10.0. The molecule has 2 aromatic rings. The number of carbonyl (C=O) groups excluding carboxylic acids is 2. The van der Waals surface area contributed by atoms with Crippen molar-refractivity contribution in [3.8, 4) is 5.75 Å². The predicted molar refractivity (Wildman–Crippen MR) is 109 cm³/mol. The summed E-state index contributed by atoms with van der Waals surface area (Å²) in [6, 6.07) is 15.3. The van der Waals surface area contributed by atoms with Crippen molar-refractivity contribution in [2.75, 3.05) is 18.1 Å². The summed E-state index contributed by atoms with van der Waals surface area (Å²) in [4.78, 5) is 26.7. The Balaban J connectivity index is 1.64. The fourth-order valence-electron chi connectivity index (χ4n) is 3.31. The summed E-state index contributed by atoms with van der Waals surface area (Å²) in [5.41, 5.74) is 2.83. The van der Waals surface area contributed by atoms with Crippen molar-refractivity contribution in [2.45, 2.75) is 32.8 Å². The molecule has 2 aromatic carbocycles. The Hall–Kier alpha value is -3.08. The molecule has 1 atom stereocenters. The smallest absolute Gasteiger partial charge is 0.331 e. The average molecular weight is 379 g/mol. The highest BCUT2D eigenvalue weighted by atomic mass is 16.5. The first kappa shape index (κ1) is 19.7. The van der Waals surface area contributed by atoms with Crippen LogP contribution >= 0.6 is 0 Å². The summed E-state index contributed by atoms with van der Waals surface area (Å²) in [6.45, 7) is 4.69. The third-order valence-corrected chi connectivity index (χ3v) is 4.63. The zero-order chi connectivity index (χ0) is 19.9. The minimum atomic E-state index is -0.856. The molecule has 0 aromatic heterocycles. The summed E-state index contributed by atoms with van der Waals surface area (Å²) >= 11 is 0. The molecule has 146 valence electrons. The standard InChI is InChI=1S/C23H25NO4/c1-3-27-21-13-7-5-10-19(21)14-15-22(25)28-17(2)23(26)24-16-8-11-18-9-4-6-12-20(18)24/h4-7,9-10,12-15,17H,3,8,11,16H2,1-2H3/b15-14+. The van der Waals surface area contributed by atoms with Gasteiger partial charge in [0.25, 0.3) is 5.91 Å². The first-order valence-corrected chi connectivity index (χ1v) is 9.60. The van der Waals surface area contributed by atoms with Crippen LogP contribution in [0, 0.1) is 0 Å². The van der Waals surface area contributed by atoms with E-state index in [0.29, 0.717) is 18.9 Å². The molecule has 0 radical (unpaired) electrons. The molecule has 0 saturated carbocycles. The zero-order valence-electron chi connectivity index (χ0n) is 16.3. The van der Waals surface area contributed by atoms with Gasteiger partial charge in [0.05, 0.1) is 6.61 Å². The van der Waals surface area contributed by atoms with E-state index in [1.807, 2.05) is 55.5 Å². The van der Waals surface area contributed by atoms with Gasteiger partial charge in [-0.2, -0.15) is 0 Å². The number of ether oxygens (including phenoxy) is 2. The van der Waals surface area contributed by atoms with Crippen molar-refractivity contribution in [1.29, 1.82) is 0 Å². The number of carbonyl (C=O) groups is 2. The number of anilines is 1. The molecule has 5 heteroatoms. The first-order valence-electron chi connectivity index (χ1n) is 9.60. The maximum Gasteiger partial charge on any atom is 0.331 e. The molecular formula is C23H25NO4. The number of para-hydroxylation sites is 2. The Labute approximate surface area is 165 Å². The number of amides is 1. The second-order valence-corrected chi connectivity index (χ2v) is 6.61. The van der Waals surface area contributed by atoms with E-state index in [1.54, 1.807) is 17.9 Å². The molecule has 1 amide bonds. The summed E-state index contributed by atoms with van der Waals surface area (Å²) in [6.07, 6.45) is 3.96. The van der Waals surface area contributed by atoms with Gasteiger partial charge in [0, 0.05) is 23.9 Å². The predicted octanol–water partition coefficient (Wildman–Crippen LogP) is 4.01. The highest BCUT2D eigenvalue weighted by Crippen LogP contribution is 2.27.